The molecule has 0 unspecified atom stereocenters. The molecule has 17 heavy (non-hydrogen) atoms. The molecule has 1 aliphatic carbocycles. The molecule has 0 aromatic carbocycles. The molecule has 1 aromatic rings. The molecule has 1 aliphatic rings. The van der Waals surface area contributed by atoms with Crippen LogP contribution in [0.2, 0.25) is 0 Å². The third-order valence-electron chi connectivity index (χ3n) is 3.62. The quantitative estimate of drug-likeness (QED) is 0.870. The Balaban J connectivity index is 1.81. The molecule has 1 N–H and O–H groups in total. The van der Waals surface area contributed by atoms with Crippen LogP contribution in [0.1, 0.15) is 38.2 Å². The molecule has 0 saturated heterocycles. The van der Waals surface area contributed by atoms with Gasteiger partial charge in [-0.15, -0.1) is 0 Å². The average Bonchev–Trinajstić information content (AvgIpc) is 2.38. The summed E-state index contributed by atoms with van der Waals surface area (Å²) in [7, 11) is 1.65. The van der Waals surface area contributed by atoms with Crippen molar-refractivity contribution in [1.29, 1.82) is 0 Å². The third-order valence-corrected chi connectivity index (χ3v) is 3.62. The smallest absolute Gasteiger partial charge is 0.213 e. The Labute approximate surface area is 104 Å². The van der Waals surface area contributed by atoms with Crippen LogP contribution in [0.4, 0.5) is 0 Å². The standard InChI is InChI=1S/C14H22N2O/c1-11-3-5-13(6-4-11)16-10-12-7-8-15-14(9-12)17-2/h7-9,11,13,16H,3-6,10H2,1-2H3. The summed E-state index contributed by atoms with van der Waals surface area (Å²) in [6, 6.07) is 4.73. The lowest BCUT2D eigenvalue weighted by atomic mass is 9.87. The molecule has 1 aromatic heterocycles. The number of methoxy groups -OCH3 is 1. The van der Waals surface area contributed by atoms with Gasteiger partial charge in [-0.1, -0.05) is 6.92 Å². The topological polar surface area (TPSA) is 34.1 Å². The lowest BCUT2D eigenvalue weighted by Crippen LogP contribution is -2.32. The zero-order valence-electron chi connectivity index (χ0n) is 10.8. The largest absolute Gasteiger partial charge is 0.481 e. The second-order valence-corrected chi connectivity index (χ2v) is 5.04. The fraction of sp³-hybridized carbons (Fsp3) is 0.643. The molecule has 1 saturated carbocycles. The van der Waals surface area contributed by atoms with E-state index in [1.54, 1.807) is 13.3 Å². The first-order chi connectivity index (χ1) is 8.28. The van der Waals surface area contributed by atoms with E-state index in [0.717, 1.165) is 12.5 Å². The molecule has 0 atom stereocenters. The van der Waals surface area contributed by atoms with Gasteiger partial charge in [0.05, 0.1) is 7.11 Å². The van der Waals surface area contributed by atoms with Gasteiger partial charge in [-0.2, -0.15) is 0 Å². The van der Waals surface area contributed by atoms with Crippen molar-refractivity contribution in [1.82, 2.24) is 10.3 Å². The van der Waals surface area contributed by atoms with Gasteiger partial charge in [-0.05, 0) is 43.2 Å². The van der Waals surface area contributed by atoms with E-state index in [9.17, 15) is 0 Å². The van der Waals surface area contributed by atoms with E-state index in [1.807, 2.05) is 12.1 Å². The molecule has 3 heteroatoms. The third kappa shape index (κ3) is 3.70. The lowest BCUT2D eigenvalue weighted by molar-refractivity contribution is 0.306. The molecule has 94 valence electrons. The maximum absolute atomic E-state index is 5.12. The molecule has 0 amide bonds. The number of nitrogens with one attached hydrogen (secondary N) is 1. The van der Waals surface area contributed by atoms with Crippen molar-refractivity contribution in [3.63, 3.8) is 0 Å². The summed E-state index contributed by atoms with van der Waals surface area (Å²) in [6.45, 7) is 3.27. The van der Waals surface area contributed by atoms with Crippen LogP contribution in [0.3, 0.4) is 0 Å². The van der Waals surface area contributed by atoms with Crippen LogP contribution in [0.15, 0.2) is 18.3 Å². The van der Waals surface area contributed by atoms with Crippen LogP contribution in [0.5, 0.6) is 5.88 Å². The Bertz CT molecular complexity index is 346. The molecule has 1 heterocycles. The monoisotopic (exact) mass is 234 g/mol. The van der Waals surface area contributed by atoms with Crippen molar-refractivity contribution >= 4 is 0 Å². The van der Waals surface area contributed by atoms with Crippen molar-refractivity contribution in [2.24, 2.45) is 5.92 Å². The first-order valence-electron chi connectivity index (χ1n) is 6.50. The molecule has 1 fully saturated rings. The predicted molar refractivity (Wildman–Crippen MR) is 69.0 cm³/mol. The molecular formula is C14H22N2O. The minimum Gasteiger partial charge on any atom is -0.481 e. The highest BCUT2D eigenvalue weighted by Gasteiger charge is 2.17. The number of hydrogen-bond acceptors (Lipinski definition) is 3. The lowest BCUT2D eigenvalue weighted by Gasteiger charge is -2.27. The average molecular weight is 234 g/mol. The van der Waals surface area contributed by atoms with Crippen molar-refractivity contribution < 1.29 is 4.74 Å². The SMILES string of the molecule is COc1cc(CNC2CCC(C)CC2)ccn1. The summed E-state index contributed by atoms with van der Waals surface area (Å²) >= 11 is 0. The highest BCUT2D eigenvalue weighted by Crippen LogP contribution is 2.23. The first kappa shape index (κ1) is 12.4. The Morgan fingerprint density at radius 2 is 2.12 bits per heavy atom. The minimum absolute atomic E-state index is 0.686. The van der Waals surface area contributed by atoms with E-state index in [0.29, 0.717) is 11.9 Å². The minimum atomic E-state index is 0.686. The number of hydrogen-bond donors (Lipinski definition) is 1. The van der Waals surface area contributed by atoms with Gasteiger partial charge >= 0.3 is 0 Å². The van der Waals surface area contributed by atoms with E-state index in [1.165, 1.54) is 31.2 Å². The molecule has 0 spiro atoms. The normalized spacial score (nSPS) is 24.6. The molecule has 0 aliphatic heterocycles. The Morgan fingerprint density at radius 3 is 2.82 bits per heavy atom. The van der Waals surface area contributed by atoms with E-state index in [2.05, 4.69) is 17.2 Å². The Morgan fingerprint density at radius 1 is 1.35 bits per heavy atom. The van der Waals surface area contributed by atoms with Crippen LogP contribution in [-0.2, 0) is 6.54 Å². The summed E-state index contributed by atoms with van der Waals surface area (Å²) in [5.41, 5.74) is 1.25. The predicted octanol–water partition coefficient (Wildman–Crippen LogP) is 2.76. The number of rotatable bonds is 4. The maximum Gasteiger partial charge on any atom is 0.213 e. The van der Waals surface area contributed by atoms with Crippen LogP contribution in [-0.4, -0.2) is 18.1 Å². The van der Waals surface area contributed by atoms with Crippen LogP contribution in [0.25, 0.3) is 0 Å². The highest BCUT2D eigenvalue weighted by atomic mass is 16.5. The molecule has 3 nitrogen and oxygen atoms in total. The zero-order valence-corrected chi connectivity index (χ0v) is 10.8. The first-order valence-corrected chi connectivity index (χ1v) is 6.50. The van der Waals surface area contributed by atoms with Crippen molar-refractivity contribution in [3.05, 3.63) is 23.9 Å². The van der Waals surface area contributed by atoms with Gasteiger partial charge in [-0.3, -0.25) is 0 Å². The summed E-state index contributed by atoms with van der Waals surface area (Å²) in [5, 5.41) is 3.63. The number of nitrogens with zero attached hydrogens (tertiary/aromatic N) is 1. The van der Waals surface area contributed by atoms with Gasteiger partial charge in [-0.25, -0.2) is 4.98 Å². The maximum atomic E-state index is 5.12. The highest BCUT2D eigenvalue weighted by molar-refractivity contribution is 5.20. The Hall–Kier alpha value is -1.09. The van der Waals surface area contributed by atoms with Gasteiger partial charge in [0.25, 0.3) is 0 Å². The number of ether oxygens (including phenoxy) is 1. The van der Waals surface area contributed by atoms with E-state index in [4.69, 9.17) is 4.74 Å². The zero-order chi connectivity index (χ0) is 12.1. The Kier molecular flexibility index (Phi) is 4.37. The van der Waals surface area contributed by atoms with Gasteiger partial charge in [0.1, 0.15) is 0 Å². The molecule has 0 radical (unpaired) electrons. The van der Waals surface area contributed by atoms with Crippen molar-refractivity contribution in [2.45, 2.75) is 45.2 Å². The molecule has 2 rings (SSSR count). The fourth-order valence-corrected chi connectivity index (χ4v) is 2.40. The second-order valence-electron chi connectivity index (χ2n) is 5.04. The van der Waals surface area contributed by atoms with Gasteiger partial charge < -0.3 is 10.1 Å². The van der Waals surface area contributed by atoms with Gasteiger partial charge in [0, 0.05) is 24.8 Å². The fourth-order valence-electron chi connectivity index (χ4n) is 2.40. The molecular weight excluding hydrogens is 212 g/mol. The number of pyridine rings is 1. The summed E-state index contributed by atoms with van der Waals surface area (Å²) in [6.07, 6.45) is 7.14. The van der Waals surface area contributed by atoms with Crippen LogP contribution in [0, 0.1) is 5.92 Å². The second kappa shape index (κ2) is 6.01. The van der Waals surface area contributed by atoms with Gasteiger partial charge in [0.2, 0.25) is 5.88 Å². The van der Waals surface area contributed by atoms with E-state index in [-0.39, 0.29) is 0 Å². The molecule has 0 bridgehead atoms. The van der Waals surface area contributed by atoms with Crippen LogP contribution >= 0.6 is 0 Å². The summed E-state index contributed by atoms with van der Waals surface area (Å²) in [5.74, 6) is 1.61. The van der Waals surface area contributed by atoms with Crippen molar-refractivity contribution in [3.8, 4) is 5.88 Å². The van der Waals surface area contributed by atoms with E-state index < -0.39 is 0 Å². The van der Waals surface area contributed by atoms with E-state index >= 15 is 0 Å². The van der Waals surface area contributed by atoms with Gasteiger partial charge in [0.15, 0.2) is 0 Å². The summed E-state index contributed by atoms with van der Waals surface area (Å²) in [4.78, 5) is 4.11. The number of aromatic nitrogens is 1. The summed E-state index contributed by atoms with van der Waals surface area (Å²) < 4.78 is 5.12. The van der Waals surface area contributed by atoms with Crippen molar-refractivity contribution in [2.75, 3.05) is 7.11 Å². The van der Waals surface area contributed by atoms with Crippen LogP contribution < -0.4 is 10.1 Å².